The van der Waals surface area contributed by atoms with Crippen LogP contribution in [0.1, 0.15) is 10.5 Å². The van der Waals surface area contributed by atoms with Crippen LogP contribution in [0.25, 0.3) is 0 Å². The topological polar surface area (TPSA) is 127 Å². The molecule has 0 aliphatic heterocycles. The number of carbonyl (C=O) groups is 2. The van der Waals surface area contributed by atoms with Crippen molar-refractivity contribution in [1.82, 2.24) is 9.78 Å². The number of nitrogens with one attached hydrogen (secondary N) is 1. The Labute approximate surface area is 128 Å². The Morgan fingerprint density at radius 3 is 2.77 bits per heavy atom. The van der Waals surface area contributed by atoms with Gasteiger partial charge in [-0.2, -0.15) is 5.10 Å². The minimum atomic E-state index is -1.16. The van der Waals surface area contributed by atoms with Gasteiger partial charge in [0.15, 0.2) is 0 Å². The molecule has 22 heavy (non-hydrogen) atoms. The second-order valence-corrected chi connectivity index (χ2v) is 4.55. The summed E-state index contributed by atoms with van der Waals surface area (Å²) in [4.78, 5) is 32.9. The van der Waals surface area contributed by atoms with Crippen molar-refractivity contribution in [3.63, 3.8) is 0 Å². The SMILES string of the molecule is O=C(O)Cn1nccc1C(=O)Nc1cc([N+](=O)[O-])ccc1Cl. The van der Waals surface area contributed by atoms with Crippen LogP contribution in [-0.2, 0) is 11.3 Å². The fourth-order valence-electron chi connectivity index (χ4n) is 1.69. The van der Waals surface area contributed by atoms with Crippen LogP contribution in [0.2, 0.25) is 5.02 Å². The van der Waals surface area contributed by atoms with Gasteiger partial charge in [-0.25, -0.2) is 4.68 Å². The maximum Gasteiger partial charge on any atom is 0.325 e. The minimum Gasteiger partial charge on any atom is -0.480 e. The molecule has 0 spiro atoms. The maximum atomic E-state index is 12.1. The van der Waals surface area contributed by atoms with Crippen molar-refractivity contribution in [2.75, 3.05) is 5.32 Å². The third-order valence-corrected chi connectivity index (χ3v) is 2.97. The predicted molar refractivity (Wildman–Crippen MR) is 75.9 cm³/mol. The molecule has 9 nitrogen and oxygen atoms in total. The fourth-order valence-corrected chi connectivity index (χ4v) is 1.85. The van der Waals surface area contributed by atoms with Gasteiger partial charge in [0, 0.05) is 18.3 Å². The van der Waals surface area contributed by atoms with Crippen molar-refractivity contribution in [3.8, 4) is 0 Å². The highest BCUT2D eigenvalue weighted by Gasteiger charge is 2.17. The Hall–Kier alpha value is -2.94. The number of nitro benzene ring substituents is 1. The number of carboxylic acid groups (broad SMARTS) is 1. The lowest BCUT2D eigenvalue weighted by Gasteiger charge is -2.08. The lowest BCUT2D eigenvalue weighted by molar-refractivity contribution is -0.384. The first-order valence-corrected chi connectivity index (χ1v) is 6.25. The minimum absolute atomic E-state index is 0.00928. The number of non-ortho nitro benzene ring substituents is 1. The van der Waals surface area contributed by atoms with Crippen molar-refractivity contribution in [1.29, 1.82) is 0 Å². The highest BCUT2D eigenvalue weighted by Crippen LogP contribution is 2.27. The Bertz CT molecular complexity index is 758. The van der Waals surface area contributed by atoms with Crippen LogP contribution in [-0.4, -0.2) is 31.7 Å². The van der Waals surface area contributed by atoms with E-state index in [0.717, 1.165) is 10.7 Å². The van der Waals surface area contributed by atoms with Gasteiger partial charge in [-0.15, -0.1) is 0 Å². The second-order valence-electron chi connectivity index (χ2n) is 4.14. The van der Waals surface area contributed by atoms with Gasteiger partial charge < -0.3 is 10.4 Å². The van der Waals surface area contributed by atoms with Gasteiger partial charge in [-0.3, -0.25) is 19.7 Å². The molecule has 0 radical (unpaired) electrons. The van der Waals surface area contributed by atoms with E-state index in [1.807, 2.05) is 0 Å². The van der Waals surface area contributed by atoms with E-state index in [2.05, 4.69) is 10.4 Å². The van der Waals surface area contributed by atoms with Crippen LogP contribution >= 0.6 is 11.6 Å². The molecule has 1 aromatic carbocycles. The first-order chi connectivity index (χ1) is 10.4. The van der Waals surface area contributed by atoms with Crippen LogP contribution in [0.5, 0.6) is 0 Å². The molecule has 1 amide bonds. The van der Waals surface area contributed by atoms with E-state index in [1.165, 1.54) is 24.4 Å². The molecule has 0 saturated carbocycles. The Balaban J connectivity index is 2.26. The van der Waals surface area contributed by atoms with E-state index in [9.17, 15) is 19.7 Å². The number of rotatable bonds is 5. The third-order valence-electron chi connectivity index (χ3n) is 2.64. The van der Waals surface area contributed by atoms with E-state index < -0.39 is 23.3 Å². The highest BCUT2D eigenvalue weighted by atomic mass is 35.5. The van der Waals surface area contributed by atoms with Crippen LogP contribution < -0.4 is 5.32 Å². The summed E-state index contributed by atoms with van der Waals surface area (Å²) < 4.78 is 0.989. The zero-order chi connectivity index (χ0) is 16.3. The van der Waals surface area contributed by atoms with Gasteiger partial charge in [-0.05, 0) is 12.1 Å². The van der Waals surface area contributed by atoms with Crippen LogP contribution in [0.15, 0.2) is 30.5 Å². The molecule has 10 heteroatoms. The lowest BCUT2D eigenvalue weighted by atomic mass is 10.2. The van der Waals surface area contributed by atoms with E-state index >= 15 is 0 Å². The number of benzene rings is 1. The molecule has 0 bridgehead atoms. The number of amides is 1. The number of halogens is 1. The summed E-state index contributed by atoms with van der Waals surface area (Å²) >= 11 is 5.88. The molecule has 0 fully saturated rings. The first kappa shape index (κ1) is 15.4. The van der Waals surface area contributed by atoms with E-state index in [-0.39, 0.29) is 22.1 Å². The number of hydrogen-bond donors (Lipinski definition) is 2. The number of carboxylic acids is 1. The molecule has 0 aliphatic carbocycles. The van der Waals surface area contributed by atoms with Gasteiger partial charge in [0.05, 0.1) is 15.6 Å². The Kier molecular flexibility index (Phi) is 4.37. The normalized spacial score (nSPS) is 10.2. The summed E-state index contributed by atoms with van der Waals surface area (Å²) in [7, 11) is 0. The van der Waals surface area contributed by atoms with Crippen molar-refractivity contribution >= 4 is 34.9 Å². The number of aromatic nitrogens is 2. The maximum absolute atomic E-state index is 12.1. The summed E-state index contributed by atoms with van der Waals surface area (Å²) in [6, 6.07) is 4.91. The number of nitrogens with zero attached hydrogens (tertiary/aromatic N) is 3. The smallest absolute Gasteiger partial charge is 0.325 e. The third kappa shape index (κ3) is 3.38. The van der Waals surface area contributed by atoms with Crippen LogP contribution in [0.4, 0.5) is 11.4 Å². The van der Waals surface area contributed by atoms with Crippen molar-refractivity contribution in [2.24, 2.45) is 0 Å². The summed E-state index contributed by atoms with van der Waals surface area (Å²) in [5, 5.41) is 25.7. The highest BCUT2D eigenvalue weighted by molar-refractivity contribution is 6.34. The fraction of sp³-hybridized carbons (Fsp3) is 0.0833. The average molecular weight is 325 g/mol. The van der Waals surface area contributed by atoms with E-state index in [4.69, 9.17) is 16.7 Å². The average Bonchev–Trinajstić information content (AvgIpc) is 2.88. The number of aliphatic carboxylic acids is 1. The summed E-state index contributed by atoms with van der Waals surface area (Å²) in [5.74, 6) is -1.84. The molecule has 2 N–H and O–H groups in total. The van der Waals surface area contributed by atoms with Crippen molar-refractivity contribution < 1.29 is 19.6 Å². The molecule has 0 saturated heterocycles. The van der Waals surface area contributed by atoms with Crippen molar-refractivity contribution in [3.05, 3.63) is 51.3 Å². The van der Waals surface area contributed by atoms with Gasteiger partial charge in [0.1, 0.15) is 12.2 Å². The van der Waals surface area contributed by atoms with Crippen LogP contribution in [0.3, 0.4) is 0 Å². The molecule has 0 atom stereocenters. The van der Waals surface area contributed by atoms with E-state index in [1.54, 1.807) is 0 Å². The van der Waals surface area contributed by atoms with E-state index in [0.29, 0.717) is 0 Å². The molecule has 2 aromatic rings. The Morgan fingerprint density at radius 1 is 1.41 bits per heavy atom. The molecule has 1 aromatic heterocycles. The number of carbonyl (C=O) groups excluding carboxylic acids is 1. The molecule has 0 unspecified atom stereocenters. The van der Waals surface area contributed by atoms with Crippen LogP contribution in [0, 0.1) is 10.1 Å². The van der Waals surface area contributed by atoms with Gasteiger partial charge in [0.2, 0.25) is 0 Å². The molecule has 0 aliphatic rings. The molecule has 1 heterocycles. The number of hydrogen-bond acceptors (Lipinski definition) is 5. The summed E-state index contributed by atoms with van der Waals surface area (Å²) in [6.45, 7) is -0.488. The Morgan fingerprint density at radius 2 is 2.14 bits per heavy atom. The first-order valence-electron chi connectivity index (χ1n) is 5.87. The predicted octanol–water partition coefficient (Wildman–Crippen LogP) is 1.78. The van der Waals surface area contributed by atoms with Crippen molar-refractivity contribution in [2.45, 2.75) is 6.54 Å². The summed E-state index contributed by atoms with van der Waals surface area (Å²) in [5.41, 5.74) is -0.201. The van der Waals surface area contributed by atoms with Gasteiger partial charge >= 0.3 is 5.97 Å². The lowest BCUT2D eigenvalue weighted by Crippen LogP contribution is -2.20. The quantitative estimate of drug-likeness (QED) is 0.637. The zero-order valence-electron chi connectivity index (χ0n) is 10.9. The molecular formula is C12H9ClN4O5. The standard InChI is InChI=1S/C12H9ClN4O5/c13-8-2-1-7(17(21)22)5-9(8)15-12(20)10-3-4-14-16(10)6-11(18)19/h1-5H,6H2,(H,15,20)(H,18,19). The second kappa shape index (κ2) is 6.22. The number of nitro groups is 1. The van der Waals surface area contributed by atoms with Gasteiger partial charge in [-0.1, -0.05) is 11.6 Å². The number of anilines is 1. The molecule has 114 valence electrons. The monoisotopic (exact) mass is 324 g/mol. The van der Waals surface area contributed by atoms with Gasteiger partial charge in [0.25, 0.3) is 11.6 Å². The summed E-state index contributed by atoms with van der Waals surface area (Å²) in [6.07, 6.45) is 1.27. The molecular weight excluding hydrogens is 316 g/mol. The molecule has 2 rings (SSSR count). The zero-order valence-corrected chi connectivity index (χ0v) is 11.6. The largest absolute Gasteiger partial charge is 0.480 e.